The summed E-state index contributed by atoms with van der Waals surface area (Å²) < 4.78 is 1.44. The minimum absolute atomic E-state index is 0.291. The summed E-state index contributed by atoms with van der Waals surface area (Å²) in [6.45, 7) is 1.82. The molecule has 0 saturated carbocycles. The van der Waals surface area contributed by atoms with Gasteiger partial charge in [0.25, 0.3) is 0 Å². The molecule has 5 nitrogen and oxygen atoms in total. The van der Waals surface area contributed by atoms with Gasteiger partial charge in [-0.25, -0.2) is 17.5 Å². The van der Waals surface area contributed by atoms with Crippen molar-refractivity contribution >= 4 is 33.9 Å². The van der Waals surface area contributed by atoms with Crippen LogP contribution in [0.15, 0.2) is 17.3 Å². The first-order chi connectivity index (χ1) is 6.20. The highest BCUT2D eigenvalue weighted by atomic mass is 127. The fraction of sp³-hybridized carbons (Fsp3) is 0.143. The van der Waals surface area contributed by atoms with Crippen LogP contribution in [0.2, 0.25) is 0 Å². The molecule has 66 valence electrons. The van der Waals surface area contributed by atoms with Crippen molar-refractivity contribution in [3.8, 4) is 0 Å². The van der Waals surface area contributed by atoms with E-state index in [0.717, 1.165) is 5.69 Å². The van der Waals surface area contributed by atoms with Crippen molar-refractivity contribution in [3.05, 3.63) is 28.7 Å². The largest absolute Gasteiger partial charge is 0.357 e. The van der Waals surface area contributed by atoms with E-state index in [9.17, 15) is 4.79 Å². The average molecular weight is 288 g/mol. The molecular weight excluding hydrogens is 283 g/mol. The molecule has 2 aromatic heterocycles. The Balaban J connectivity index is 3.02. The predicted molar refractivity (Wildman–Crippen MR) is 55.7 cm³/mol. The lowest BCUT2D eigenvalue weighted by molar-refractivity contribution is 1.02. The molecule has 0 fully saturated rings. The Morgan fingerprint density at radius 1 is 1.54 bits per heavy atom. The molecule has 0 unspecified atom stereocenters. The fourth-order valence-electron chi connectivity index (χ4n) is 1.07. The van der Waals surface area contributed by atoms with Gasteiger partial charge in [0.05, 0.1) is 34.8 Å². The van der Waals surface area contributed by atoms with Crippen molar-refractivity contribution < 1.29 is 0 Å². The summed E-state index contributed by atoms with van der Waals surface area (Å²) in [6, 6.07) is 0. The van der Waals surface area contributed by atoms with Crippen molar-refractivity contribution in [1.29, 1.82) is 0 Å². The van der Waals surface area contributed by atoms with Gasteiger partial charge in [-0.1, -0.05) is 0 Å². The zero-order chi connectivity index (χ0) is 9.42. The van der Waals surface area contributed by atoms with E-state index in [-0.39, 0.29) is 5.69 Å². The van der Waals surface area contributed by atoms with Gasteiger partial charge in [0.2, 0.25) is 0 Å². The lowest BCUT2D eigenvalue weighted by atomic mass is 10.3. The Labute approximate surface area is 87.3 Å². The van der Waals surface area contributed by atoms with Crippen molar-refractivity contribution in [2.45, 2.75) is 6.92 Å². The highest BCUT2D eigenvalue weighted by Gasteiger charge is 2.05. The molecule has 2 aromatic rings. The third-order valence-corrected chi connectivity index (χ3v) is 2.85. The predicted octanol–water partition coefficient (Wildman–Crippen LogP) is 0.693. The third kappa shape index (κ3) is 1.30. The Morgan fingerprint density at radius 2 is 2.31 bits per heavy atom. The first-order valence-electron chi connectivity index (χ1n) is 3.55. The summed E-state index contributed by atoms with van der Waals surface area (Å²) in [5.41, 5.74) is 1.75. The molecule has 0 N–H and O–H groups in total. The second-order valence-electron chi connectivity index (χ2n) is 2.52. The third-order valence-electron chi connectivity index (χ3n) is 1.71. The summed E-state index contributed by atoms with van der Waals surface area (Å²) in [4.78, 5) is 22.9. The van der Waals surface area contributed by atoms with Gasteiger partial charge < -0.3 is 0 Å². The van der Waals surface area contributed by atoms with Gasteiger partial charge in [0, 0.05) is 0 Å². The van der Waals surface area contributed by atoms with Crippen molar-refractivity contribution in [2.24, 2.45) is 0 Å². The second kappa shape index (κ2) is 3.02. The molecule has 2 heterocycles. The smallest absolute Gasteiger partial charge is 0.245 e. The SMILES string of the molecule is Cc1c2ncncc2nc(=O)n1I. The standard InChI is InChI=1S/C7H5IN4O/c1-4-6-5(2-9-3-10-6)11-7(13)12(4)8/h2-3H,1H3. The van der Waals surface area contributed by atoms with Crippen LogP contribution in [0.25, 0.3) is 11.0 Å². The van der Waals surface area contributed by atoms with Gasteiger partial charge in [-0.05, 0) is 6.92 Å². The summed E-state index contributed by atoms with van der Waals surface area (Å²) in [5.74, 6) is 0. The summed E-state index contributed by atoms with van der Waals surface area (Å²) in [6.07, 6.45) is 2.98. The highest BCUT2D eigenvalue weighted by Crippen LogP contribution is 2.10. The van der Waals surface area contributed by atoms with Crippen LogP contribution in [0.4, 0.5) is 0 Å². The number of hydrogen-bond acceptors (Lipinski definition) is 4. The van der Waals surface area contributed by atoms with Gasteiger partial charge >= 0.3 is 5.69 Å². The van der Waals surface area contributed by atoms with E-state index in [1.807, 2.05) is 29.8 Å². The molecule has 0 bridgehead atoms. The van der Waals surface area contributed by atoms with Crippen molar-refractivity contribution in [3.63, 3.8) is 0 Å². The Hall–Kier alpha value is -1.05. The van der Waals surface area contributed by atoms with E-state index in [4.69, 9.17) is 0 Å². The van der Waals surface area contributed by atoms with E-state index in [1.54, 1.807) is 0 Å². The molecule has 2 rings (SSSR count). The molecule has 0 radical (unpaired) electrons. The van der Waals surface area contributed by atoms with Crippen LogP contribution in [-0.4, -0.2) is 17.7 Å². The highest BCUT2D eigenvalue weighted by molar-refractivity contribution is 14.1. The van der Waals surface area contributed by atoms with Crippen molar-refractivity contribution in [2.75, 3.05) is 0 Å². The maximum atomic E-state index is 11.2. The minimum Gasteiger partial charge on any atom is -0.245 e. The van der Waals surface area contributed by atoms with Crippen LogP contribution in [0.1, 0.15) is 5.69 Å². The summed E-state index contributed by atoms with van der Waals surface area (Å²) in [5, 5.41) is 0. The van der Waals surface area contributed by atoms with Crippen LogP contribution >= 0.6 is 22.9 Å². The second-order valence-corrected chi connectivity index (χ2v) is 3.48. The number of rotatable bonds is 0. The molecule has 0 aliphatic rings. The van der Waals surface area contributed by atoms with Gasteiger partial charge in [-0.15, -0.1) is 0 Å². The molecule has 0 aliphatic carbocycles. The lowest BCUT2D eigenvalue weighted by Crippen LogP contribution is -2.18. The number of nitrogens with zero attached hydrogens (tertiary/aromatic N) is 4. The Kier molecular flexibility index (Phi) is 1.98. The molecule has 0 atom stereocenters. The first kappa shape index (κ1) is 8.54. The quantitative estimate of drug-likeness (QED) is 0.669. The van der Waals surface area contributed by atoms with E-state index in [0.29, 0.717) is 11.0 Å². The molecule has 6 heteroatoms. The molecular formula is C7H5IN4O. The number of fused-ring (bicyclic) bond motifs is 1. The van der Waals surface area contributed by atoms with Crippen molar-refractivity contribution in [1.82, 2.24) is 17.7 Å². The monoisotopic (exact) mass is 288 g/mol. The molecule has 0 aliphatic heterocycles. The van der Waals surface area contributed by atoms with Crippen LogP contribution in [0, 0.1) is 6.92 Å². The molecule has 0 spiro atoms. The Morgan fingerprint density at radius 3 is 3.08 bits per heavy atom. The van der Waals surface area contributed by atoms with E-state index < -0.39 is 0 Å². The number of hydrogen-bond donors (Lipinski definition) is 0. The van der Waals surface area contributed by atoms with E-state index >= 15 is 0 Å². The first-order valence-corrected chi connectivity index (χ1v) is 4.52. The van der Waals surface area contributed by atoms with E-state index in [1.165, 1.54) is 15.3 Å². The van der Waals surface area contributed by atoms with Gasteiger partial charge in [0.15, 0.2) is 0 Å². The van der Waals surface area contributed by atoms with Gasteiger partial charge in [-0.2, -0.15) is 4.98 Å². The molecule has 0 aromatic carbocycles. The van der Waals surface area contributed by atoms with E-state index in [2.05, 4.69) is 15.0 Å². The normalized spacial score (nSPS) is 10.6. The Bertz CT molecular complexity index is 521. The average Bonchev–Trinajstić information content (AvgIpc) is 2.15. The molecule has 13 heavy (non-hydrogen) atoms. The summed E-state index contributed by atoms with van der Waals surface area (Å²) in [7, 11) is 0. The minimum atomic E-state index is -0.291. The maximum Gasteiger partial charge on any atom is 0.357 e. The maximum absolute atomic E-state index is 11.2. The van der Waals surface area contributed by atoms with Crippen LogP contribution < -0.4 is 5.69 Å². The lowest BCUT2D eigenvalue weighted by Gasteiger charge is -2.01. The topological polar surface area (TPSA) is 60.7 Å². The van der Waals surface area contributed by atoms with Gasteiger partial charge in [-0.3, -0.25) is 0 Å². The zero-order valence-corrected chi connectivity index (χ0v) is 8.89. The van der Waals surface area contributed by atoms with Crippen LogP contribution in [0.5, 0.6) is 0 Å². The number of aryl methyl sites for hydroxylation is 1. The zero-order valence-electron chi connectivity index (χ0n) is 6.73. The van der Waals surface area contributed by atoms with Crippen LogP contribution in [-0.2, 0) is 0 Å². The number of halogens is 1. The van der Waals surface area contributed by atoms with Gasteiger partial charge in [0.1, 0.15) is 17.4 Å². The summed E-state index contributed by atoms with van der Waals surface area (Å²) >= 11 is 1.90. The number of aromatic nitrogens is 4. The fourth-order valence-corrected chi connectivity index (χ4v) is 1.40. The molecule has 0 saturated heterocycles. The molecule has 0 amide bonds. The van der Waals surface area contributed by atoms with Crippen LogP contribution in [0.3, 0.4) is 0 Å².